The molecule has 0 aliphatic rings. The second-order valence-electron chi connectivity index (χ2n) is 6.68. The Bertz CT molecular complexity index is 949. The van der Waals surface area contributed by atoms with Crippen molar-refractivity contribution in [3.05, 3.63) is 60.2 Å². The first-order chi connectivity index (χ1) is 14.4. The quantitative estimate of drug-likeness (QED) is 0.419. The Morgan fingerprint density at radius 1 is 1.03 bits per heavy atom. The Morgan fingerprint density at radius 2 is 1.70 bits per heavy atom. The van der Waals surface area contributed by atoms with Crippen LogP contribution in [0.15, 0.2) is 59.5 Å². The van der Waals surface area contributed by atoms with Crippen LogP contribution in [-0.4, -0.2) is 38.3 Å². The highest BCUT2D eigenvalue weighted by Gasteiger charge is 2.20. The molecular weight excluding hydrogens is 400 g/mol. The van der Waals surface area contributed by atoms with Crippen LogP contribution in [0, 0.1) is 0 Å². The fraction of sp³-hybridized carbons (Fsp3) is 0.348. The Balaban J connectivity index is 2.04. The van der Waals surface area contributed by atoms with Crippen molar-refractivity contribution in [1.29, 1.82) is 0 Å². The fourth-order valence-electron chi connectivity index (χ4n) is 2.83. The lowest BCUT2D eigenvalue weighted by molar-refractivity contribution is -0.111. The number of anilines is 1. The molecule has 0 aromatic heterocycles. The van der Waals surface area contributed by atoms with Gasteiger partial charge in [-0.3, -0.25) is 4.79 Å². The first-order valence-corrected chi connectivity index (χ1v) is 11.7. The van der Waals surface area contributed by atoms with E-state index in [0.29, 0.717) is 31.1 Å². The topological polar surface area (TPSA) is 75.7 Å². The summed E-state index contributed by atoms with van der Waals surface area (Å²) in [5, 5.41) is 2.82. The summed E-state index contributed by atoms with van der Waals surface area (Å²) in [7, 11) is -3.49. The number of rotatable bonds is 11. The summed E-state index contributed by atoms with van der Waals surface area (Å²) in [5.41, 5.74) is 1.35. The van der Waals surface area contributed by atoms with E-state index < -0.39 is 10.0 Å². The monoisotopic (exact) mass is 430 g/mol. The van der Waals surface area contributed by atoms with Crippen LogP contribution >= 0.6 is 0 Å². The molecule has 0 atom stereocenters. The van der Waals surface area contributed by atoms with Crippen LogP contribution in [-0.2, 0) is 14.8 Å². The van der Waals surface area contributed by atoms with Crippen LogP contribution in [0.25, 0.3) is 6.08 Å². The lowest BCUT2D eigenvalue weighted by Gasteiger charge is -2.18. The lowest BCUT2D eigenvalue weighted by atomic mass is 10.2. The number of para-hydroxylation sites is 2. The summed E-state index contributed by atoms with van der Waals surface area (Å²) in [6, 6.07) is 13.8. The highest BCUT2D eigenvalue weighted by atomic mass is 32.2. The highest BCUT2D eigenvalue weighted by Crippen LogP contribution is 2.24. The van der Waals surface area contributed by atoms with Crippen LogP contribution in [0.4, 0.5) is 5.69 Å². The van der Waals surface area contributed by atoms with E-state index in [1.54, 1.807) is 36.4 Å². The number of nitrogens with zero attached hydrogens (tertiary/aromatic N) is 1. The number of hydrogen-bond acceptors (Lipinski definition) is 4. The molecule has 6 nitrogen and oxygen atoms in total. The molecule has 0 fully saturated rings. The lowest BCUT2D eigenvalue weighted by Crippen LogP contribution is -2.30. The van der Waals surface area contributed by atoms with Crippen molar-refractivity contribution >= 4 is 27.7 Å². The summed E-state index contributed by atoms with van der Waals surface area (Å²) in [5.74, 6) is 0.347. The Morgan fingerprint density at radius 3 is 2.33 bits per heavy atom. The maximum Gasteiger partial charge on any atom is 0.248 e. The minimum atomic E-state index is -3.49. The van der Waals surface area contributed by atoms with Crippen molar-refractivity contribution in [2.75, 3.05) is 25.0 Å². The zero-order valence-corrected chi connectivity index (χ0v) is 18.6. The van der Waals surface area contributed by atoms with Crippen LogP contribution in [0.1, 0.15) is 39.2 Å². The molecule has 1 N–H and O–H groups in total. The zero-order valence-electron chi connectivity index (χ0n) is 17.8. The second kappa shape index (κ2) is 11.5. The van der Waals surface area contributed by atoms with Gasteiger partial charge in [0, 0.05) is 19.2 Å². The van der Waals surface area contributed by atoms with Gasteiger partial charge in [-0.2, -0.15) is 4.31 Å². The minimum absolute atomic E-state index is 0.242. The predicted molar refractivity (Wildman–Crippen MR) is 121 cm³/mol. The number of ether oxygens (including phenoxy) is 1. The van der Waals surface area contributed by atoms with E-state index >= 15 is 0 Å². The molecule has 0 radical (unpaired) electrons. The van der Waals surface area contributed by atoms with Crippen LogP contribution in [0.3, 0.4) is 0 Å². The molecule has 1 amide bonds. The van der Waals surface area contributed by atoms with Crippen molar-refractivity contribution in [1.82, 2.24) is 4.31 Å². The third-order valence-corrected chi connectivity index (χ3v) is 6.61. The second-order valence-corrected chi connectivity index (χ2v) is 8.62. The molecule has 2 rings (SSSR count). The molecular formula is C23H30N2O4S. The Labute approximate surface area is 179 Å². The molecule has 2 aromatic rings. The number of nitrogens with one attached hydrogen (secondary N) is 1. The largest absolute Gasteiger partial charge is 0.491 e. The van der Waals surface area contributed by atoms with E-state index in [-0.39, 0.29) is 10.8 Å². The van der Waals surface area contributed by atoms with Crippen LogP contribution < -0.4 is 10.1 Å². The molecule has 0 spiro atoms. The van der Waals surface area contributed by atoms with Gasteiger partial charge in [0.2, 0.25) is 15.9 Å². The van der Waals surface area contributed by atoms with E-state index in [9.17, 15) is 13.2 Å². The standard InChI is InChI=1S/C23H30N2O4S/c1-4-7-18-29-22-11-9-8-10-21(22)24-23(26)17-14-19-12-15-20(16-13-19)30(27,28)25(5-2)6-3/h8-17H,4-7,18H2,1-3H3,(H,24,26)/b17-14+. The molecule has 0 aliphatic carbocycles. The number of carbonyl (C=O) groups excluding carboxylic acids is 1. The van der Waals surface area contributed by atoms with Gasteiger partial charge >= 0.3 is 0 Å². The van der Waals surface area contributed by atoms with Gasteiger partial charge in [0.25, 0.3) is 0 Å². The number of hydrogen-bond donors (Lipinski definition) is 1. The van der Waals surface area contributed by atoms with Gasteiger partial charge in [0.05, 0.1) is 17.2 Å². The first kappa shape index (κ1) is 23.6. The molecule has 0 saturated heterocycles. The third-order valence-electron chi connectivity index (χ3n) is 4.55. The fourth-order valence-corrected chi connectivity index (χ4v) is 4.29. The maximum absolute atomic E-state index is 12.5. The van der Waals surface area contributed by atoms with E-state index in [1.165, 1.54) is 10.4 Å². The van der Waals surface area contributed by atoms with Gasteiger partial charge in [-0.25, -0.2) is 8.42 Å². The van der Waals surface area contributed by atoms with Crippen molar-refractivity contribution < 1.29 is 17.9 Å². The third kappa shape index (κ3) is 6.43. The minimum Gasteiger partial charge on any atom is -0.491 e. The van der Waals surface area contributed by atoms with E-state index in [0.717, 1.165) is 18.4 Å². The highest BCUT2D eigenvalue weighted by molar-refractivity contribution is 7.89. The number of unbranched alkanes of at least 4 members (excludes halogenated alkanes) is 1. The normalized spacial score (nSPS) is 11.7. The van der Waals surface area contributed by atoms with Gasteiger partial charge in [-0.05, 0) is 42.3 Å². The molecule has 162 valence electrons. The average Bonchev–Trinajstić information content (AvgIpc) is 2.74. The smallest absolute Gasteiger partial charge is 0.248 e. The maximum atomic E-state index is 12.5. The zero-order chi connectivity index (χ0) is 22.0. The van der Waals surface area contributed by atoms with Gasteiger partial charge in [0.1, 0.15) is 5.75 Å². The van der Waals surface area contributed by atoms with E-state index in [1.807, 2.05) is 32.0 Å². The Hall–Kier alpha value is -2.64. The average molecular weight is 431 g/mol. The van der Waals surface area contributed by atoms with Crippen molar-refractivity contribution in [2.45, 2.75) is 38.5 Å². The van der Waals surface area contributed by atoms with Crippen molar-refractivity contribution in [3.63, 3.8) is 0 Å². The molecule has 30 heavy (non-hydrogen) atoms. The summed E-state index contributed by atoms with van der Waals surface area (Å²) in [4.78, 5) is 12.5. The van der Waals surface area contributed by atoms with Crippen molar-refractivity contribution in [2.24, 2.45) is 0 Å². The van der Waals surface area contributed by atoms with Crippen LogP contribution in [0.2, 0.25) is 0 Å². The molecule has 0 aliphatic heterocycles. The van der Waals surface area contributed by atoms with Gasteiger partial charge in [-0.15, -0.1) is 0 Å². The molecule has 0 saturated carbocycles. The SMILES string of the molecule is CCCCOc1ccccc1NC(=O)/C=C/c1ccc(S(=O)(=O)N(CC)CC)cc1. The molecule has 7 heteroatoms. The first-order valence-electron chi connectivity index (χ1n) is 10.2. The summed E-state index contributed by atoms with van der Waals surface area (Å²) in [6.45, 7) is 7.15. The molecule has 0 unspecified atom stereocenters. The van der Waals surface area contributed by atoms with Crippen molar-refractivity contribution in [3.8, 4) is 5.75 Å². The summed E-state index contributed by atoms with van der Waals surface area (Å²) < 4.78 is 32.2. The summed E-state index contributed by atoms with van der Waals surface area (Å²) >= 11 is 0. The molecule has 0 bridgehead atoms. The summed E-state index contributed by atoms with van der Waals surface area (Å²) in [6.07, 6.45) is 5.04. The molecule has 2 aromatic carbocycles. The van der Waals surface area contributed by atoms with E-state index in [4.69, 9.17) is 4.74 Å². The van der Waals surface area contributed by atoms with Crippen LogP contribution in [0.5, 0.6) is 5.75 Å². The number of sulfonamides is 1. The molecule has 0 heterocycles. The Kier molecular flexibility index (Phi) is 9.08. The van der Waals surface area contributed by atoms with Gasteiger partial charge in [-0.1, -0.05) is 51.5 Å². The number of carbonyl (C=O) groups is 1. The van der Waals surface area contributed by atoms with Gasteiger partial charge in [0.15, 0.2) is 0 Å². The number of amides is 1. The number of benzene rings is 2. The predicted octanol–water partition coefficient (Wildman–Crippen LogP) is 4.55. The van der Waals surface area contributed by atoms with E-state index in [2.05, 4.69) is 12.2 Å². The van der Waals surface area contributed by atoms with Gasteiger partial charge < -0.3 is 10.1 Å².